The van der Waals surface area contributed by atoms with Crippen LogP contribution >= 0.6 is 0 Å². The number of carbonyl (C=O) groups is 1. The number of carbonyl (C=O) groups excluding carboxylic acids is 1. The van der Waals surface area contributed by atoms with E-state index in [0.717, 1.165) is 13.1 Å². The second kappa shape index (κ2) is 2.13. The second-order valence-corrected chi connectivity index (χ2v) is 1.86. The minimum absolute atomic E-state index is 0.120. The van der Waals surface area contributed by atoms with Crippen LogP contribution in [0.25, 0.3) is 0 Å². The van der Waals surface area contributed by atoms with Gasteiger partial charge in [0.2, 0.25) is 5.91 Å². The summed E-state index contributed by atoms with van der Waals surface area (Å²) in [4.78, 5) is 10.6. The van der Waals surface area contributed by atoms with Crippen molar-refractivity contribution < 1.29 is 4.79 Å². The van der Waals surface area contributed by atoms with E-state index in [2.05, 4.69) is 10.6 Å². The van der Waals surface area contributed by atoms with Crippen LogP contribution in [-0.4, -0.2) is 25.0 Å². The van der Waals surface area contributed by atoms with E-state index in [9.17, 15) is 4.79 Å². The molecule has 1 heterocycles. The van der Waals surface area contributed by atoms with Crippen LogP contribution in [0.1, 0.15) is 6.92 Å². The van der Waals surface area contributed by atoms with Crippen molar-refractivity contribution in [3.05, 3.63) is 0 Å². The molecular formula is C5H10N2O. The van der Waals surface area contributed by atoms with Crippen LogP contribution in [-0.2, 0) is 4.79 Å². The Morgan fingerprint density at radius 2 is 2.62 bits per heavy atom. The maximum atomic E-state index is 10.6. The van der Waals surface area contributed by atoms with E-state index < -0.39 is 0 Å². The molecule has 0 spiro atoms. The highest BCUT2D eigenvalue weighted by atomic mass is 16.2. The first-order chi connectivity index (χ1) is 3.84. The number of amides is 1. The molecule has 1 saturated heterocycles. The van der Waals surface area contributed by atoms with Gasteiger partial charge in [0, 0.05) is 13.1 Å². The quantitative estimate of drug-likeness (QED) is 0.457. The molecule has 1 aliphatic rings. The predicted octanol–water partition coefficient (Wildman–Crippen LogP) is -0.906. The van der Waals surface area contributed by atoms with Crippen molar-refractivity contribution in [2.75, 3.05) is 13.1 Å². The van der Waals surface area contributed by atoms with Gasteiger partial charge in [-0.05, 0) is 6.92 Å². The summed E-state index contributed by atoms with van der Waals surface area (Å²) in [7, 11) is 0. The molecule has 0 aliphatic carbocycles. The van der Waals surface area contributed by atoms with Gasteiger partial charge in [-0.2, -0.15) is 0 Å². The van der Waals surface area contributed by atoms with E-state index in [1.165, 1.54) is 0 Å². The molecule has 1 rings (SSSR count). The van der Waals surface area contributed by atoms with Crippen LogP contribution in [0.4, 0.5) is 0 Å². The van der Waals surface area contributed by atoms with Gasteiger partial charge in [-0.3, -0.25) is 4.79 Å². The molecule has 0 aromatic heterocycles. The highest BCUT2D eigenvalue weighted by Crippen LogP contribution is 1.94. The molecule has 1 fully saturated rings. The zero-order valence-corrected chi connectivity index (χ0v) is 4.90. The molecule has 0 aromatic carbocycles. The number of nitrogens with one attached hydrogen (secondary N) is 2. The summed E-state index contributed by atoms with van der Waals surface area (Å²) >= 11 is 0. The van der Waals surface area contributed by atoms with Crippen molar-refractivity contribution in [3.8, 4) is 0 Å². The van der Waals surface area contributed by atoms with E-state index in [0.29, 0.717) is 0 Å². The molecule has 0 aromatic rings. The molecule has 0 bridgehead atoms. The number of hydrogen-bond acceptors (Lipinski definition) is 2. The van der Waals surface area contributed by atoms with Gasteiger partial charge in [0.15, 0.2) is 0 Å². The van der Waals surface area contributed by atoms with E-state index in [4.69, 9.17) is 0 Å². The average Bonchev–Trinajstić information content (AvgIpc) is 2.45. The SMILES string of the molecule is CCNC(=O)C1CN1. The summed E-state index contributed by atoms with van der Waals surface area (Å²) in [6, 6.07) is 0.120. The Balaban J connectivity index is 2.13. The summed E-state index contributed by atoms with van der Waals surface area (Å²) in [6.45, 7) is 3.50. The standard InChI is InChI=1S/C5H10N2O/c1-2-6-5(8)4-3-7-4/h4,7H,2-3H2,1H3,(H,6,8). The molecule has 1 unspecified atom stereocenters. The van der Waals surface area contributed by atoms with Crippen LogP contribution in [0.3, 0.4) is 0 Å². The largest absolute Gasteiger partial charge is 0.355 e. The molecule has 8 heavy (non-hydrogen) atoms. The lowest BCUT2D eigenvalue weighted by atomic mass is 10.4. The zero-order valence-electron chi connectivity index (χ0n) is 4.90. The fourth-order valence-corrected chi connectivity index (χ4v) is 0.542. The molecule has 2 N–H and O–H groups in total. The van der Waals surface area contributed by atoms with Crippen LogP contribution in [0, 0.1) is 0 Å². The van der Waals surface area contributed by atoms with Crippen LogP contribution in [0.2, 0.25) is 0 Å². The third kappa shape index (κ3) is 1.20. The van der Waals surface area contributed by atoms with Crippen LogP contribution < -0.4 is 10.6 Å². The average molecular weight is 114 g/mol. The summed E-state index contributed by atoms with van der Waals surface area (Å²) in [6.07, 6.45) is 0. The summed E-state index contributed by atoms with van der Waals surface area (Å²) in [5.41, 5.74) is 0. The molecule has 3 heteroatoms. The van der Waals surface area contributed by atoms with Gasteiger partial charge < -0.3 is 10.6 Å². The first-order valence-corrected chi connectivity index (χ1v) is 2.85. The summed E-state index contributed by atoms with van der Waals surface area (Å²) in [5.74, 6) is 0.132. The second-order valence-electron chi connectivity index (χ2n) is 1.86. The normalized spacial score (nSPS) is 24.9. The van der Waals surface area contributed by atoms with Crippen LogP contribution in [0.5, 0.6) is 0 Å². The predicted molar refractivity (Wildman–Crippen MR) is 30.5 cm³/mol. The van der Waals surface area contributed by atoms with Gasteiger partial charge in [-0.1, -0.05) is 0 Å². The summed E-state index contributed by atoms with van der Waals surface area (Å²) in [5, 5.41) is 5.61. The van der Waals surface area contributed by atoms with E-state index in [-0.39, 0.29) is 11.9 Å². The number of likely N-dealkylation sites (N-methyl/N-ethyl adjacent to an activating group) is 1. The Morgan fingerprint density at radius 3 is 3.00 bits per heavy atom. The zero-order chi connectivity index (χ0) is 5.98. The molecular weight excluding hydrogens is 104 g/mol. The molecule has 1 aliphatic heterocycles. The highest BCUT2D eigenvalue weighted by molar-refractivity contribution is 5.84. The van der Waals surface area contributed by atoms with E-state index in [1.807, 2.05) is 6.92 Å². The minimum atomic E-state index is 0.120. The van der Waals surface area contributed by atoms with Gasteiger partial charge in [0.05, 0.1) is 6.04 Å². The van der Waals surface area contributed by atoms with Crippen molar-refractivity contribution in [2.45, 2.75) is 13.0 Å². The fraction of sp³-hybridized carbons (Fsp3) is 0.800. The van der Waals surface area contributed by atoms with Gasteiger partial charge in [-0.25, -0.2) is 0 Å². The molecule has 0 saturated carbocycles. The first kappa shape index (κ1) is 5.56. The summed E-state index contributed by atoms with van der Waals surface area (Å²) < 4.78 is 0. The van der Waals surface area contributed by atoms with Crippen molar-refractivity contribution in [2.24, 2.45) is 0 Å². The van der Waals surface area contributed by atoms with Gasteiger partial charge >= 0.3 is 0 Å². The van der Waals surface area contributed by atoms with Crippen molar-refractivity contribution in [1.82, 2.24) is 10.6 Å². The Hall–Kier alpha value is -0.570. The smallest absolute Gasteiger partial charge is 0.238 e. The third-order valence-corrected chi connectivity index (χ3v) is 1.08. The highest BCUT2D eigenvalue weighted by Gasteiger charge is 2.27. The molecule has 46 valence electrons. The Kier molecular flexibility index (Phi) is 1.48. The maximum Gasteiger partial charge on any atom is 0.238 e. The maximum absolute atomic E-state index is 10.6. The molecule has 3 nitrogen and oxygen atoms in total. The third-order valence-electron chi connectivity index (χ3n) is 1.08. The van der Waals surface area contributed by atoms with Gasteiger partial charge in [0.1, 0.15) is 0 Å². The lowest BCUT2D eigenvalue weighted by Gasteiger charge is -1.94. The molecule has 1 amide bonds. The number of hydrogen-bond donors (Lipinski definition) is 2. The minimum Gasteiger partial charge on any atom is -0.355 e. The topological polar surface area (TPSA) is 51.0 Å². The van der Waals surface area contributed by atoms with E-state index >= 15 is 0 Å². The fourth-order valence-electron chi connectivity index (χ4n) is 0.542. The molecule has 0 radical (unpaired) electrons. The van der Waals surface area contributed by atoms with Crippen molar-refractivity contribution >= 4 is 5.91 Å². The lowest BCUT2D eigenvalue weighted by Crippen LogP contribution is -2.28. The van der Waals surface area contributed by atoms with Crippen molar-refractivity contribution in [1.29, 1.82) is 0 Å². The molecule has 1 atom stereocenters. The Bertz CT molecular complexity index is 98.6. The lowest BCUT2D eigenvalue weighted by molar-refractivity contribution is -0.120. The Morgan fingerprint density at radius 1 is 2.00 bits per heavy atom. The Labute approximate surface area is 48.5 Å². The first-order valence-electron chi connectivity index (χ1n) is 2.85. The van der Waals surface area contributed by atoms with Crippen molar-refractivity contribution in [3.63, 3.8) is 0 Å². The van der Waals surface area contributed by atoms with Gasteiger partial charge in [-0.15, -0.1) is 0 Å². The van der Waals surface area contributed by atoms with Gasteiger partial charge in [0.25, 0.3) is 0 Å². The monoisotopic (exact) mass is 114 g/mol. The van der Waals surface area contributed by atoms with Crippen LogP contribution in [0.15, 0.2) is 0 Å². The number of rotatable bonds is 2. The van der Waals surface area contributed by atoms with E-state index in [1.54, 1.807) is 0 Å².